The number of sulfonamides is 1. The van der Waals surface area contributed by atoms with Crippen molar-refractivity contribution in [3.63, 3.8) is 0 Å². The van der Waals surface area contributed by atoms with Crippen LogP contribution in [0.25, 0.3) is 0 Å². The molecule has 2 aromatic rings. The number of carbonyl (C=O) groups is 1. The monoisotopic (exact) mass is 376 g/mol. The van der Waals surface area contributed by atoms with Gasteiger partial charge in [0.2, 0.25) is 10.0 Å². The highest BCUT2D eigenvalue weighted by atomic mass is 32.2. The van der Waals surface area contributed by atoms with Gasteiger partial charge in [-0.1, -0.05) is 12.1 Å². The smallest absolute Gasteiger partial charge is 0.251 e. The molecule has 0 radical (unpaired) electrons. The van der Waals surface area contributed by atoms with Gasteiger partial charge in [0.05, 0.1) is 18.5 Å². The van der Waals surface area contributed by atoms with E-state index in [2.05, 4.69) is 5.32 Å². The predicted octanol–water partition coefficient (Wildman–Crippen LogP) is 1.65. The van der Waals surface area contributed by atoms with Crippen LogP contribution in [0.1, 0.15) is 10.4 Å². The molecule has 1 aliphatic heterocycles. The molecule has 1 N–H and O–H groups in total. The van der Waals surface area contributed by atoms with E-state index in [0.29, 0.717) is 35.9 Å². The van der Waals surface area contributed by atoms with Gasteiger partial charge in [-0.05, 0) is 36.4 Å². The van der Waals surface area contributed by atoms with Gasteiger partial charge in [0, 0.05) is 12.6 Å². The molecule has 1 atom stereocenters. The van der Waals surface area contributed by atoms with Crippen molar-refractivity contribution in [1.82, 2.24) is 5.32 Å². The summed E-state index contributed by atoms with van der Waals surface area (Å²) in [4.78, 5) is 12.3. The van der Waals surface area contributed by atoms with Crippen LogP contribution in [0.3, 0.4) is 0 Å². The minimum Gasteiger partial charge on any atom is -0.486 e. The summed E-state index contributed by atoms with van der Waals surface area (Å²) in [5.41, 5.74) is 0.928. The van der Waals surface area contributed by atoms with Crippen LogP contribution in [-0.2, 0) is 10.0 Å². The third-order valence-corrected chi connectivity index (χ3v) is 5.25. The van der Waals surface area contributed by atoms with Crippen molar-refractivity contribution >= 4 is 21.6 Å². The normalized spacial score (nSPS) is 16.0. The third kappa shape index (κ3) is 4.08. The molecule has 2 aromatic carbocycles. The number of anilines is 1. The van der Waals surface area contributed by atoms with Crippen molar-refractivity contribution in [2.45, 2.75) is 6.10 Å². The van der Waals surface area contributed by atoms with Crippen LogP contribution >= 0.6 is 0 Å². The number of hydrogen-bond acceptors (Lipinski definition) is 5. The average Bonchev–Trinajstić information content (AvgIpc) is 2.64. The van der Waals surface area contributed by atoms with Gasteiger partial charge in [-0.25, -0.2) is 8.42 Å². The second kappa shape index (κ2) is 7.25. The first-order chi connectivity index (χ1) is 12.3. The van der Waals surface area contributed by atoms with Crippen molar-refractivity contribution in [1.29, 1.82) is 0 Å². The number of ether oxygens (including phenoxy) is 2. The van der Waals surface area contributed by atoms with Crippen LogP contribution in [0.5, 0.6) is 11.5 Å². The van der Waals surface area contributed by atoms with E-state index in [1.165, 1.54) is 7.05 Å². The van der Waals surface area contributed by atoms with Gasteiger partial charge in [-0.2, -0.15) is 0 Å². The Morgan fingerprint density at radius 1 is 1.15 bits per heavy atom. The Bertz CT molecular complexity index is 896. The van der Waals surface area contributed by atoms with Crippen molar-refractivity contribution in [2.24, 2.45) is 0 Å². The highest BCUT2D eigenvalue weighted by molar-refractivity contribution is 7.92. The lowest BCUT2D eigenvalue weighted by Crippen LogP contribution is -2.40. The minimum absolute atomic E-state index is 0.263. The number of hydrogen-bond donors (Lipinski definition) is 1. The quantitative estimate of drug-likeness (QED) is 0.858. The molecule has 0 fully saturated rings. The van der Waals surface area contributed by atoms with Crippen molar-refractivity contribution in [2.75, 3.05) is 30.8 Å². The zero-order valence-corrected chi connectivity index (χ0v) is 15.3. The Kier molecular flexibility index (Phi) is 5.03. The molecule has 138 valence electrons. The zero-order chi connectivity index (χ0) is 18.7. The third-order valence-electron chi connectivity index (χ3n) is 4.05. The van der Waals surface area contributed by atoms with Crippen molar-refractivity contribution in [3.8, 4) is 11.5 Å². The number of para-hydroxylation sites is 2. The van der Waals surface area contributed by atoms with Gasteiger partial charge in [-0.15, -0.1) is 0 Å². The molecule has 0 unspecified atom stereocenters. The topological polar surface area (TPSA) is 84.9 Å². The van der Waals surface area contributed by atoms with E-state index in [1.54, 1.807) is 24.3 Å². The zero-order valence-electron chi connectivity index (χ0n) is 14.5. The van der Waals surface area contributed by atoms with Gasteiger partial charge in [0.1, 0.15) is 12.7 Å². The lowest BCUT2D eigenvalue weighted by molar-refractivity contribution is 0.0789. The maximum Gasteiger partial charge on any atom is 0.251 e. The van der Waals surface area contributed by atoms with E-state index in [-0.39, 0.29) is 12.0 Å². The molecule has 1 aliphatic rings. The van der Waals surface area contributed by atoms with Crippen LogP contribution in [0.4, 0.5) is 5.69 Å². The van der Waals surface area contributed by atoms with Crippen molar-refractivity contribution < 1.29 is 22.7 Å². The van der Waals surface area contributed by atoms with E-state index >= 15 is 0 Å². The van der Waals surface area contributed by atoms with Crippen LogP contribution in [0, 0.1) is 0 Å². The average molecular weight is 376 g/mol. The highest BCUT2D eigenvalue weighted by Gasteiger charge is 2.21. The predicted molar refractivity (Wildman–Crippen MR) is 98.4 cm³/mol. The number of fused-ring (bicyclic) bond motifs is 1. The summed E-state index contributed by atoms with van der Waals surface area (Å²) in [6.07, 6.45) is 0.849. The molecular weight excluding hydrogens is 356 g/mol. The lowest BCUT2D eigenvalue weighted by Gasteiger charge is -2.26. The van der Waals surface area contributed by atoms with E-state index in [9.17, 15) is 13.2 Å². The molecule has 1 heterocycles. The largest absolute Gasteiger partial charge is 0.486 e. The Morgan fingerprint density at radius 3 is 2.46 bits per heavy atom. The number of carbonyl (C=O) groups excluding carboxylic acids is 1. The maximum atomic E-state index is 12.3. The maximum absolute atomic E-state index is 12.3. The Hall–Kier alpha value is -2.74. The second-order valence-corrected chi connectivity index (χ2v) is 8.00. The number of benzene rings is 2. The van der Waals surface area contributed by atoms with Gasteiger partial charge in [0.15, 0.2) is 11.5 Å². The van der Waals surface area contributed by atoms with Crippen LogP contribution < -0.4 is 19.1 Å². The van der Waals surface area contributed by atoms with Gasteiger partial charge < -0.3 is 14.8 Å². The highest BCUT2D eigenvalue weighted by Crippen LogP contribution is 2.30. The van der Waals surface area contributed by atoms with Crippen LogP contribution in [0.2, 0.25) is 0 Å². The van der Waals surface area contributed by atoms with Crippen molar-refractivity contribution in [3.05, 3.63) is 54.1 Å². The van der Waals surface area contributed by atoms with Crippen LogP contribution in [-0.4, -0.2) is 46.9 Å². The molecule has 7 nitrogen and oxygen atoms in total. The summed E-state index contributed by atoms with van der Waals surface area (Å²) in [5, 5.41) is 2.80. The molecule has 0 aromatic heterocycles. The number of nitrogens with one attached hydrogen (secondary N) is 1. The lowest BCUT2D eigenvalue weighted by atomic mass is 10.2. The van der Waals surface area contributed by atoms with E-state index in [4.69, 9.17) is 9.47 Å². The molecule has 8 heteroatoms. The van der Waals surface area contributed by atoms with E-state index in [0.717, 1.165) is 10.6 Å². The molecular formula is C18H20N2O5S. The fourth-order valence-corrected chi connectivity index (χ4v) is 2.99. The summed E-state index contributed by atoms with van der Waals surface area (Å²) < 4.78 is 35.6. The first-order valence-corrected chi connectivity index (χ1v) is 9.90. The number of amides is 1. The van der Waals surface area contributed by atoms with E-state index in [1.807, 2.05) is 24.3 Å². The number of rotatable bonds is 5. The molecule has 0 saturated carbocycles. The first-order valence-electron chi connectivity index (χ1n) is 8.05. The first kappa shape index (κ1) is 18.1. The Morgan fingerprint density at radius 2 is 1.81 bits per heavy atom. The molecule has 0 spiro atoms. The summed E-state index contributed by atoms with van der Waals surface area (Å²) >= 11 is 0. The second-order valence-electron chi connectivity index (χ2n) is 5.98. The summed E-state index contributed by atoms with van der Waals surface area (Å²) in [6.45, 7) is 0.660. The Labute approximate surface area is 152 Å². The molecule has 26 heavy (non-hydrogen) atoms. The summed E-state index contributed by atoms with van der Waals surface area (Å²) in [7, 11) is -1.87. The fraction of sp³-hybridized carbons (Fsp3) is 0.278. The molecule has 0 saturated heterocycles. The molecule has 3 rings (SSSR count). The van der Waals surface area contributed by atoms with E-state index < -0.39 is 10.0 Å². The SMILES string of the molecule is CN(c1ccc(C(=O)NC[C@@H]2COc3ccccc3O2)cc1)S(C)(=O)=O. The summed E-state index contributed by atoms with van der Waals surface area (Å²) in [6, 6.07) is 13.7. The summed E-state index contributed by atoms with van der Waals surface area (Å²) in [5.74, 6) is 1.09. The molecule has 0 bridgehead atoms. The van der Waals surface area contributed by atoms with Crippen LogP contribution in [0.15, 0.2) is 48.5 Å². The molecule has 0 aliphatic carbocycles. The number of nitrogens with zero attached hydrogens (tertiary/aromatic N) is 1. The molecule has 1 amide bonds. The standard InChI is InChI=1S/C18H20N2O5S/c1-20(26(2,22)23)14-9-7-13(8-10-14)18(21)19-11-15-12-24-16-5-3-4-6-17(16)25-15/h3-10,15H,11-12H2,1-2H3,(H,19,21)/t15-/m1/s1. The minimum atomic E-state index is -3.34. The van der Waals surface area contributed by atoms with Gasteiger partial charge in [-0.3, -0.25) is 9.10 Å². The van der Waals surface area contributed by atoms with Gasteiger partial charge >= 0.3 is 0 Å². The Balaban J connectivity index is 1.57. The van der Waals surface area contributed by atoms with Gasteiger partial charge in [0.25, 0.3) is 5.91 Å². The fourth-order valence-electron chi connectivity index (χ4n) is 2.49.